The molecule has 0 aromatic carbocycles. The second-order valence-corrected chi connectivity index (χ2v) is 6.03. The highest BCUT2D eigenvalue weighted by molar-refractivity contribution is 5.38. The zero-order valence-electron chi connectivity index (χ0n) is 9.47. The third kappa shape index (κ3) is 1.27. The maximum atomic E-state index is 3.85. The highest BCUT2D eigenvalue weighted by atomic mass is 14.5. The minimum atomic E-state index is 0.994. The molecule has 0 aliphatic heterocycles. The van der Waals surface area contributed by atoms with Crippen molar-refractivity contribution in [3.05, 3.63) is 16.9 Å². The minimum Gasteiger partial charge on any atom is -0.121 e. The Morgan fingerprint density at radius 2 is 0.933 bits per heavy atom. The largest absolute Gasteiger partial charge is 0.121 e. The van der Waals surface area contributed by atoms with Crippen molar-refractivity contribution in [2.75, 3.05) is 0 Å². The summed E-state index contributed by atoms with van der Waals surface area (Å²) in [5, 5.41) is 0. The van der Waals surface area contributed by atoms with Gasteiger partial charge in [0.1, 0.15) is 0 Å². The first-order valence-corrected chi connectivity index (χ1v) is 6.95. The summed E-state index contributed by atoms with van der Waals surface area (Å²) in [5.74, 6) is 3.98. The molecule has 4 saturated carbocycles. The first-order valence-electron chi connectivity index (χ1n) is 6.95. The van der Waals surface area contributed by atoms with Gasteiger partial charge in [-0.2, -0.15) is 0 Å². The highest BCUT2D eigenvalue weighted by Gasteiger charge is 2.49. The standard InChI is InChI=1S/C15H20/c1-2-6-11-10(5-1)14(11)9-15-12-7-3-4-8-13(12)15/h10-13H,1-8H2. The Labute approximate surface area is 92.4 Å². The third-order valence-corrected chi connectivity index (χ3v) is 5.20. The van der Waals surface area contributed by atoms with Crippen LogP contribution in [0.2, 0.25) is 0 Å². The molecule has 0 aromatic rings. The van der Waals surface area contributed by atoms with Gasteiger partial charge in [0.05, 0.1) is 0 Å². The normalized spacial score (nSPS) is 46.7. The summed E-state index contributed by atoms with van der Waals surface area (Å²) in [6, 6.07) is 0. The van der Waals surface area contributed by atoms with Gasteiger partial charge in [-0.05, 0) is 60.5 Å². The van der Waals surface area contributed by atoms with Crippen molar-refractivity contribution in [3.63, 3.8) is 0 Å². The number of hydrogen-bond acceptors (Lipinski definition) is 0. The molecule has 0 N–H and O–H groups in total. The summed E-state index contributed by atoms with van der Waals surface area (Å²) in [6.45, 7) is 0. The van der Waals surface area contributed by atoms with Gasteiger partial charge in [-0.1, -0.05) is 25.7 Å². The average molecular weight is 200 g/mol. The van der Waals surface area contributed by atoms with Gasteiger partial charge in [0.2, 0.25) is 0 Å². The van der Waals surface area contributed by atoms with E-state index in [0.29, 0.717) is 0 Å². The van der Waals surface area contributed by atoms with Crippen LogP contribution in [0.1, 0.15) is 51.4 Å². The molecular weight excluding hydrogens is 180 g/mol. The molecule has 4 fully saturated rings. The molecule has 15 heavy (non-hydrogen) atoms. The van der Waals surface area contributed by atoms with Crippen LogP contribution >= 0.6 is 0 Å². The quantitative estimate of drug-likeness (QED) is 0.517. The predicted octanol–water partition coefficient (Wildman–Crippen LogP) is 4.08. The van der Waals surface area contributed by atoms with E-state index < -0.39 is 0 Å². The van der Waals surface area contributed by atoms with E-state index in [-0.39, 0.29) is 0 Å². The maximum absolute atomic E-state index is 3.85. The molecule has 0 radical (unpaired) electrons. The van der Waals surface area contributed by atoms with Crippen molar-refractivity contribution in [1.82, 2.24) is 0 Å². The summed E-state index contributed by atoms with van der Waals surface area (Å²) in [6.07, 6.45) is 11.8. The smallest absolute Gasteiger partial charge is 0.00522 e. The predicted molar refractivity (Wildman–Crippen MR) is 61.4 cm³/mol. The van der Waals surface area contributed by atoms with Crippen molar-refractivity contribution >= 4 is 0 Å². The van der Waals surface area contributed by atoms with Gasteiger partial charge in [0.15, 0.2) is 0 Å². The Morgan fingerprint density at radius 1 is 0.600 bits per heavy atom. The summed E-state index contributed by atoms with van der Waals surface area (Å²) in [4.78, 5) is 0. The second kappa shape index (κ2) is 3.01. The van der Waals surface area contributed by atoms with E-state index in [1.807, 2.05) is 0 Å². The van der Waals surface area contributed by atoms with E-state index in [1.165, 1.54) is 51.4 Å². The van der Waals surface area contributed by atoms with Gasteiger partial charge in [-0.25, -0.2) is 0 Å². The molecule has 4 rings (SSSR count). The van der Waals surface area contributed by atoms with Gasteiger partial charge in [0, 0.05) is 0 Å². The number of allylic oxidation sites excluding steroid dienone is 1. The summed E-state index contributed by atoms with van der Waals surface area (Å²) >= 11 is 0. The Kier molecular flexibility index (Phi) is 1.74. The Morgan fingerprint density at radius 3 is 1.27 bits per heavy atom. The second-order valence-electron chi connectivity index (χ2n) is 6.03. The molecule has 0 aromatic heterocycles. The third-order valence-electron chi connectivity index (χ3n) is 5.20. The van der Waals surface area contributed by atoms with Gasteiger partial charge in [-0.3, -0.25) is 0 Å². The zero-order chi connectivity index (χ0) is 9.83. The van der Waals surface area contributed by atoms with Crippen LogP contribution in [-0.2, 0) is 0 Å². The molecule has 4 unspecified atom stereocenters. The van der Waals surface area contributed by atoms with Crippen LogP contribution in [-0.4, -0.2) is 0 Å². The van der Waals surface area contributed by atoms with E-state index in [4.69, 9.17) is 0 Å². The molecule has 0 saturated heterocycles. The monoisotopic (exact) mass is 200 g/mol. The molecule has 4 atom stereocenters. The fourth-order valence-corrected chi connectivity index (χ4v) is 4.18. The lowest BCUT2D eigenvalue weighted by Crippen LogP contribution is -1.91. The molecule has 0 spiro atoms. The average Bonchev–Trinajstić information content (AvgIpc) is 3.18. The molecule has 80 valence electrons. The van der Waals surface area contributed by atoms with Crippen LogP contribution in [0, 0.1) is 23.7 Å². The van der Waals surface area contributed by atoms with Gasteiger partial charge >= 0.3 is 0 Å². The maximum Gasteiger partial charge on any atom is -0.00522 e. The Balaban J connectivity index is 1.60. The van der Waals surface area contributed by atoms with Crippen LogP contribution in [0.5, 0.6) is 0 Å². The van der Waals surface area contributed by atoms with E-state index in [9.17, 15) is 0 Å². The van der Waals surface area contributed by atoms with Crippen molar-refractivity contribution in [1.29, 1.82) is 0 Å². The summed E-state index contributed by atoms with van der Waals surface area (Å²) < 4.78 is 0. The Bertz CT molecular complexity index is 296. The van der Waals surface area contributed by atoms with Crippen molar-refractivity contribution in [2.24, 2.45) is 23.7 Å². The molecule has 0 bridgehead atoms. The van der Waals surface area contributed by atoms with Crippen LogP contribution in [0.25, 0.3) is 0 Å². The van der Waals surface area contributed by atoms with Gasteiger partial charge in [-0.15, -0.1) is 5.73 Å². The molecular formula is C15H20. The van der Waals surface area contributed by atoms with Crippen LogP contribution in [0.4, 0.5) is 0 Å². The summed E-state index contributed by atoms with van der Waals surface area (Å²) in [7, 11) is 0. The first-order chi connectivity index (χ1) is 7.45. The fourth-order valence-electron chi connectivity index (χ4n) is 4.18. The minimum absolute atomic E-state index is 0.994. The zero-order valence-corrected chi connectivity index (χ0v) is 9.47. The molecule has 0 nitrogen and oxygen atoms in total. The SMILES string of the molecule is C(=C1C2CCCCC12)=C1C2CCCCC12. The molecule has 4 aliphatic rings. The Hall–Kier alpha value is -0.480. The van der Waals surface area contributed by atoms with E-state index in [2.05, 4.69) is 5.73 Å². The fraction of sp³-hybridized carbons (Fsp3) is 0.800. The van der Waals surface area contributed by atoms with Crippen molar-refractivity contribution < 1.29 is 0 Å². The topological polar surface area (TPSA) is 0 Å². The summed E-state index contributed by atoms with van der Waals surface area (Å²) in [5.41, 5.74) is 7.34. The van der Waals surface area contributed by atoms with E-state index in [0.717, 1.165) is 23.7 Å². The lowest BCUT2D eigenvalue weighted by molar-refractivity contribution is 0.480. The van der Waals surface area contributed by atoms with E-state index in [1.54, 1.807) is 11.1 Å². The number of rotatable bonds is 0. The molecule has 0 amide bonds. The van der Waals surface area contributed by atoms with Crippen LogP contribution in [0.15, 0.2) is 16.9 Å². The number of hydrogen-bond donors (Lipinski definition) is 0. The molecule has 4 aliphatic carbocycles. The highest BCUT2D eigenvalue weighted by Crippen LogP contribution is 2.58. The first kappa shape index (κ1) is 8.65. The van der Waals surface area contributed by atoms with Gasteiger partial charge in [0.25, 0.3) is 0 Å². The van der Waals surface area contributed by atoms with Crippen molar-refractivity contribution in [3.8, 4) is 0 Å². The van der Waals surface area contributed by atoms with Crippen LogP contribution in [0.3, 0.4) is 0 Å². The number of fused-ring (bicyclic) bond motifs is 2. The van der Waals surface area contributed by atoms with Crippen molar-refractivity contribution in [2.45, 2.75) is 51.4 Å². The lowest BCUT2D eigenvalue weighted by Gasteiger charge is -2.03. The van der Waals surface area contributed by atoms with Gasteiger partial charge < -0.3 is 0 Å². The molecule has 0 heteroatoms. The molecule has 0 heterocycles. The van der Waals surface area contributed by atoms with Crippen LogP contribution < -0.4 is 0 Å². The lowest BCUT2D eigenvalue weighted by atomic mass is 10.0. The van der Waals surface area contributed by atoms with E-state index >= 15 is 0 Å².